The molecular weight excluding hydrogens is 222 g/mol. The molecule has 2 rings (SSSR count). The largest absolute Gasteiger partial charge is 0.310 e. The summed E-state index contributed by atoms with van der Waals surface area (Å²) in [5.41, 5.74) is 3.78. The second kappa shape index (κ2) is 6.26. The highest BCUT2D eigenvalue weighted by atomic mass is 14.9. The molecule has 1 N–H and O–H groups in total. The van der Waals surface area contributed by atoms with Crippen LogP contribution in [-0.2, 0) is 6.42 Å². The van der Waals surface area contributed by atoms with Gasteiger partial charge in [-0.15, -0.1) is 0 Å². The molecule has 18 heavy (non-hydrogen) atoms. The lowest BCUT2D eigenvalue weighted by molar-refractivity contribution is 0.546. The summed E-state index contributed by atoms with van der Waals surface area (Å²) in [4.78, 5) is 8.19. The van der Waals surface area contributed by atoms with Crippen molar-refractivity contribution in [1.29, 1.82) is 0 Å². The van der Waals surface area contributed by atoms with Crippen LogP contribution >= 0.6 is 0 Å². The Bertz CT molecular complexity index is 482. The lowest BCUT2D eigenvalue weighted by Gasteiger charge is -2.17. The van der Waals surface area contributed by atoms with Crippen LogP contribution in [0.3, 0.4) is 0 Å². The highest BCUT2D eigenvalue weighted by Gasteiger charge is 2.11. The first-order chi connectivity index (χ1) is 8.79. The Hall–Kier alpha value is -1.74. The fourth-order valence-electron chi connectivity index (χ4n) is 2.12. The number of aryl methyl sites for hydroxylation is 1. The van der Waals surface area contributed by atoms with Crippen molar-refractivity contribution in [3.8, 4) is 0 Å². The average Bonchev–Trinajstić information content (AvgIpc) is 2.39. The SMILES string of the molecule is CCNC(Cc1cccc(C)c1)c1cncnc1. The number of hydrogen-bond donors (Lipinski definition) is 1. The van der Waals surface area contributed by atoms with Crippen molar-refractivity contribution in [2.75, 3.05) is 6.54 Å². The van der Waals surface area contributed by atoms with Gasteiger partial charge in [0, 0.05) is 24.0 Å². The monoisotopic (exact) mass is 241 g/mol. The standard InChI is InChI=1S/C15H19N3/c1-3-18-15(14-9-16-11-17-10-14)8-13-6-4-5-12(2)7-13/h4-7,9-11,15,18H,3,8H2,1-2H3. The molecule has 0 aliphatic heterocycles. The molecule has 0 aliphatic carbocycles. The first-order valence-electron chi connectivity index (χ1n) is 6.33. The summed E-state index contributed by atoms with van der Waals surface area (Å²) >= 11 is 0. The number of nitrogens with zero attached hydrogens (tertiary/aromatic N) is 2. The van der Waals surface area contributed by atoms with Crippen LogP contribution in [0.1, 0.15) is 29.7 Å². The van der Waals surface area contributed by atoms with E-state index in [0.717, 1.165) is 18.5 Å². The summed E-state index contributed by atoms with van der Waals surface area (Å²) in [6.45, 7) is 5.18. The Morgan fingerprint density at radius 3 is 2.67 bits per heavy atom. The molecule has 0 aliphatic rings. The average molecular weight is 241 g/mol. The van der Waals surface area contributed by atoms with Crippen LogP contribution in [0.15, 0.2) is 43.0 Å². The minimum atomic E-state index is 0.276. The van der Waals surface area contributed by atoms with E-state index in [-0.39, 0.29) is 6.04 Å². The molecule has 1 heterocycles. The molecule has 2 aromatic rings. The van der Waals surface area contributed by atoms with Gasteiger partial charge in [-0.05, 0) is 25.5 Å². The molecule has 0 radical (unpaired) electrons. The van der Waals surface area contributed by atoms with Crippen LogP contribution in [0.4, 0.5) is 0 Å². The van der Waals surface area contributed by atoms with Gasteiger partial charge in [-0.25, -0.2) is 9.97 Å². The second-order valence-electron chi connectivity index (χ2n) is 4.48. The van der Waals surface area contributed by atoms with Crippen molar-refractivity contribution in [2.24, 2.45) is 0 Å². The van der Waals surface area contributed by atoms with Crippen LogP contribution in [0.5, 0.6) is 0 Å². The smallest absolute Gasteiger partial charge is 0.115 e. The molecule has 1 aromatic carbocycles. The molecule has 3 heteroatoms. The number of nitrogens with one attached hydrogen (secondary N) is 1. The van der Waals surface area contributed by atoms with E-state index < -0.39 is 0 Å². The number of rotatable bonds is 5. The van der Waals surface area contributed by atoms with Gasteiger partial charge in [0.25, 0.3) is 0 Å². The maximum atomic E-state index is 4.10. The van der Waals surface area contributed by atoms with Gasteiger partial charge in [-0.1, -0.05) is 36.8 Å². The Labute approximate surface area is 108 Å². The van der Waals surface area contributed by atoms with Crippen molar-refractivity contribution in [2.45, 2.75) is 26.3 Å². The fourth-order valence-corrected chi connectivity index (χ4v) is 2.12. The molecule has 3 nitrogen and oxygen atoms in total. The third-order valence-corrected chi connectivity index (χ3v) is 2.96. The normalized spacial score (nSPS) is 12.3. The molecule has 1 unspecified atom stereocenters. The van der Waals surface area contributed by atoms with Crippen LogP contribution in [-0.4, -0.2) is 16.5 Å². The van der Waals surface area contributed by atoms with Crippen LogP contribution in [0.2, 0.25) is 0 Å². The van der Waals surface area contributed by atoms with E-state index in [9.17, 15) is 0 Å². The van der Waals surface area contributed by atoms with E-state index in [0.29, 0.717) is 0 Å². The Morgan fingerprint density at radius 2 is 2.00 bits per heavy atom. The topological polar surface area (TPSA) is 37.8 Å². The van der Waals surface area contributed by atoms with Gasteiger partial charge in [0.15, 0.2) is 0 Å². The number of hydrogen-bond acceptors (Lipinski definition) is 3. The summed E-state index contributed by atoms with van der Waals surface area (Å²) in [6, 6.07) is 8.90. The van der Waals surface area contributed by atoms with E-state index in [4.69, 9.17) is 0 Å². The van der Waals surface area contributed by atoms with Crippen molar-refractivity contribution < 1.29 is 0 Å². The molecule has 94 valence electrons. The summed E-state index contributed by atoms with van der Waals surface area (Å²) < 4.78 is 0. The molecule has 1 aromatic heterocycles. The van der Waals surface area contributed by atoms with Crippen molar-refractivity contribution in [1.82, 2.24) is 15.3 Å². The summed E-state index contributed by atoms with van der Waals surface area (Å²) in [7, 11) is 0. The van der Waals surface area contributed by atoms with E-state index in [1.165, 1.54) is 11.1 Å². The van der Waals surface area contributed by atoms with Gasteiger partial charge < -0.3 is 5.32 Å². The number of likely N-dealkylation sites (N-methyl/N-ethyl adjacent to an activating group) is 1. The maximum Gasteiger partial charge on any atom is 0.115 e. The van der Waals surface area contributed by atoms with Gasteiger partial charge in [-0.3, -0.25) is 0 Å². The van der Waals surface area contributed by atoms with Gasteiger partial charge in [0.1, 0.15) is 6.33 Å². The zero-order valence-electron chi connectivity index (χ0n) is 10.9. The number of aromatic nitrogens is 2. The Kier molecular flexibility index (Phi) is 4.42. The molecule has 0 fully saturated rings. The minimum Gasteiger partial charge on any atom is -0.310 e. The Balaban J connectivity index is 2.16. The van der Waals surface area contributed by atoms with Crippen LogP contribution in [0, 0.1) is 6.92 Å². The fraction of sp³-hybridized carbons (Fsp3) is 0.333. The van der Waals surface area contributed by atoms with Crippen LogP contribution < -0.4 is 5.32 Å². The second-order valence-corrected chi connectivity index (χ2v) is 4.48. The molecule has 0 saturated carbocycles. The first kappa shape index (κ1) is 12.7. The lowest BCUT2D eigenvalue weighted by atomic mass is 10.00. The third-order valence-electron chi connectivity index (χ3n) is 2.96. The van der Waals surface area contributed by atoms with Gasteiger partial charge >= 0.3 is 0 Å². The lowest BCUT2D eigenvalue weighted by Crippen LogP contribution is -2.23. The van der Waals surface area contributed by atoms with Crippen LogP contribution in [0.25, 0.3) is 0 Å². The summed E-state index contributed by atoms with van der Waals surface area (Å²) in [6.07, 6.45) is 6.30. The summed E-state index contributed by atoms with van der Waals surface area (Å²) in [5.74, 6) is 0. The third kappa shape index (κ3) is 3.37. The predicted molar refractivity (Wildman–Crippen MR) is 73.3 cm³/mol. The minimum absolute atomic E-state index is 0.276. The van der Waals surface area contributed by atoms with E-state index in [2.05, 4.69) is 53.4 Å². The zero-order valence-corrected chi connectivity index (χ0v) is 10.9. The van der Waals surface area contributed by atoms with E-state index >= 15 is 0 Å². The molecule has 0 saturated heterocycles. The Morgan fingerprint density at radius 1 is 1.22 bits per heavy atom. The predicted octanol–water partition coefficient (Wildman–Crippen LogP) is 2.68. The highest BCUT2D eigenvalue weighted by Crippen LogP contribution is 2.17. The van der Waals surface area contributed by atoms with E-state index in [1.807, 2.05) is 12.4 Å². The highest BCUT2D eigenvalue weighted by molar-refractivity contribution is 5.24. The zero-order chi connectivity index (χ0) is 12.8. The first-order valence-corrected chi connectivity index (χ1v) is 6.33. The number of benzene rings is 1. The maximum absolute atomic E-state index is 4.10. The molecule has 1 atom stereocenters. The van der Waals surface area contributed by atoms with Gasteiger partial charge in [0.2, 0.25) is 0 Å². The molecule has 0 amide bonds. The van der Waals surface area contributed by atoms with Crippen molar-refractivity contribution in [3.63, 3.8) is 0 Å². The van der Waals surface area contributed by atoms with Crippen molar-refractivity contribution >= 4 is 0 Å². The van der Waals surface area contributed by atoms with Gasteiger partial charge in [-0.2, -0.15) is 0 Å². The summed E-state index contributed by atoms with van der Waals surface area (Å²) in [5, 5.41) is 3.49. The molecular formula is C15H19N3. The molecule has 0 bridgehead atoms. The quantitative estimate of drug-likeness (QED) is 0.874. The van der Waals surface area contributed by atoms with Gasteiger partial charge in [0.05, 0.1) is 0 Å². The molecule has 0 spiro atoms. The van der Waals surface area contributed by atoms with Crippen molar-refractivity contribution in [3.05, 3.63) is 59.7 Å². The van der Waals surface area contributed by atoms with E-state index in [1.54, 1.807) is 6.33 Å².